The molecule has 6 nitrogen and oxygen atoms in total. The van der Waals surface area contributed by atoms with E-state index in [-0.39, 0.29) is 12.1 Å². The van der Waals surface area contributed by atoms with Crippen molar-refractivity contribution in [1.29, 1.82) is 0 Å². The normalized spacial score (nSPS) is 28.6. The molecule has 2 amide bonds. The Bertz CT molecular complexity index is 556. The molecule has 0 unspecified atom stereocenters. The lowest BCUT2D eigenvalue weighted by Gasteiger charge is -2.32. The Morgan fingerprint density at radius 3 is 2.80 bits per heavy atom. The predicted molar refractivity (Wildman–Crippen MR) is 96.4 cm³/mol. The van der Waals surface area contributed by atoms with E-state index in [2.05, 4.69) is 20.4 Å². The van der Waals surface area contributed by atoms with Gasteiger partial charge in [0, 0.05) is 25.2 Å². The van der Waals surface area contributed by atoms with E-state index in [1.807, 2.05) is 12.1 Å². The van der Waals surface area contributed by atoms with E-state index in [1.165, 1.54) is 38.6 Å². The van der Waals surface area contributed by atoms with Gasteiger partial charge in [-0.15, -0.1) is 0 Å². The van der Waals surface area contributed by atoms with Gasteiger partial charge in [0.25, 0.3) is 0 Å². The van der Waals surface area contributed by atoms with Crippen molar-refractivity contribution in [3.05, 3.63) is 24.2 Å². The second-order valence-corrected chi connectivity index (χ2v) is 7.62. The average molecular weight is 346 g/mol. The highest BCUT2D eigenvalue weighted by Crippen LogP contribution is 2.27. The topological polar surface area (TPSA) is 60.8 Å². The number of hydrogen-bond acceptors (Lipinski definition) is 4. The van der Waals surface area contributed by atoms with Crippen molar-refractivity contribution in [2.75, 3.05) is 32.7 Å². The van der Waals surface area contributed by atoms with Crippen molar-refractivity contribution in [1.82, 2.24) is 20.4 Å². The zero-order valence-corrected chi connectivity index (χ0v) is 15.0. The summed E-state index contributed by atoms with van der Waals surface area (Å²) in [6, 6.07) is 4.88. The van der Waals surface area contributed by atoms with Crippen LogP contribution in [0.15, 0.2) is 22.8 Å². The van der Waals surface area contributed by atoms with Crippen molar-refractivity contribution < 1.29 is 9.21 Å². The van der Waals surface area contributed by atoms with E-state index in [4.69, 9.17) is 4.42 Å². The number of carbonyl (C=O) groups is 1. The third-order valence-electron chi connectivity index (χ3n) is 6.08. The molecule has 2 N–H and O–H groups in total. The molecule has 3 aliphatic rings. The Morgan fingerprint density at radius 2 is 2.00 bits per heavy atom. The number of likely N-dealkylation sites (tertiary alicyclic amines) is 1. The van der Waals surface area contributed by atoms with Crippen LogP contribution in [0.4, 0.5) is 4.79 Å². The highest BCUT2D eigenvalue weighted by atomic mass is 16.3. The van der Waals surface area contributed by atoms with E-state index in [0.29, 0.717) is 18.6 Å². The molecule has 138 valence electrons. The minimum Gasteiger partial charge on any atom is -0.468 e. The van der Waals surface area contributed by atoms with E-state index in [9.17, 15) is 4.79 Å². The van der Waals surface area contributed by atoms with Crippen LogP contribution in [0.1, 0.15) is 50.3 Å². The molecular formula is C19H30N4O2. The van der Waals surface area contributed by atoms with Crippen LogP contribution in [-0.4, -0.2) is 60.6 Å². The fraction of sp³-hybridized carbons (Fsp3) is 0.737. The van der Waals surface area contributed by atoms with Gasteiger partial charge in [0.2, 0.25) is 0 Å². The average Bonchev–Trinajstić information content (AvgIpc) is 3.38. The van der Waals surface area contributed by atoms with Crippen LogP contribution >= 0.6 is 0 Å². The Hall–Kier alpha value is -1.53. The number of nitrogens with zero attached hydrogens (tertiary/aromatic N) is 2. The summed E-state index contributed by atoms with van der Waals surface area (Å²) in [7, 11) is 0. The Kier molecular flexibility index (Phi) is 5.27. The molecule has 3 atom stereocenters. The number of rotatable bonds is 5. The molecule has 25 heavy (non-hydrogen) atoms. The number of amides is 2. The van der Waals surface area contributed by atoms with E-state index >= 15 is 0 Å². The molecule has 1 aromatic rings. The fourth-order valence-electron chi connectivity index (χ4n) is 4.77. The highest BCUT2D eigenvalue weighted by molar-refractivity contribution is 5.74. The summed E-state index contributed by atoms with van der Waals surface area (Å²) in [5.74, 6) is 0.946. The van der Waals surface area contributed by atoms with Gasteiger partial charge in [-0.2, -0.15) is 0 Å². The molecule has 0 aliphatic carbocycles. The fourth-order valence-corrected chi connectivity index (χ4v) is 4.77. The first-order valence-corrected chi connectivity index (χ1v) is 9.87. The van der Waals surface area contributed by atoms with Gasteiger partial charge in [-0.05, 0) is 63.9 Å². The molecule has 3 fully saturated rings. The lowest BCUT2D eigenvalue weighted by atomic mass is 9.99. The summed E-state index contributed by atoms with van der Waals surface area (Å²) in [5, 5.41) is 6.33. The molecule has 0 saturated carbocycles. The van der Waals surface area contributed by atoms with Crippen LogP contribution < -0.4 is 10.6 Å². The molecule has 0 bridgehead atoms. The van der Waals surface area contributed by atoms with E-state index < -0.39 is 0 Å². The molecule has 4 rings (SSSR count). The van der Waals surface area contributed by atoms with Gasteiger partial charge in [-0.1, -0.05) is 6.42 Å². The standard InChI is InChI=1S/C19H30N4O2/c24-19(21-15-8-12-23-9-2-1-6-16(15)23)20-14-17(18-7-5-13-25-18)22-10-3-4-11-22/h5,7,13,15-17H,1-4,6,8-12,14H2,(H2,20,21,24)/t15-,16+,17-/m1/s1. The molecule has 0 aromatic carbocycles. The lowest BCUT2D eigenvalue weighted by Crippen LogP contribution is -2.50. The largest absolute Gasteiger partial charge is 0.468 e. The predicted octanol–water partition coefficient (Wildman–Crippen LogP) is 2.34. The van der Waals surface area contributed by atoms with Crippen LogP contribution in [0.5, 0.6) is 0 Å². The molecule has 1 aromatic heterocycles. The molecule has 3 saturated heterocycles. The number of carbonyl (C=O) groups excluding carboxylic acids is 1. The number of fused-ring (bicyclic) bond motifs is 1. The van der Waals surface area contributed by atoms with Gasteiger partial charge in [-0.25, -0.2) is 4.79 Å². The monoisotopic (exact) mass is 346 g/mol. The third kappa shape index (κ3) is 3.85. The van der Waals surface area contributed by atoms with Gasteiger partial charge in [0.1, 0.15) is 5.76 Å². The van der Waals surface area contributed by atoms with Gasteiger partial charge in [0.05, 0.1) is 12.3 Å². The number of furan rings is 1. The third-order valence-corrected chi connectivity index (χ3v) is 6.08. The van der Waals surface area contributed by atoms with Crippen molar-refractivity contribution in [3.8, 4) is 0 Å². The van der Waals surface area contributed by atoms with Gasteiger partial charge in [0.15, 0.2) is 0 Å². The Morgan fingerprint density at radius 1 is 1.16 bits per heavy atom. The molecule has 4 heterocycles. The van der Waals surface area contributed by atoms with E-state index in [1.54, 1.807) is 6.26 Å². The molecular weight excluding hydrogens is 316 g/mol. The first kappa shape index (κ1) is 16.9. The van der Waals surface area contributed by atoms with Crippen LogP contribution in [-0.2, 0) is 0 Å². The molecule has 0 radical (unpaired) electrons. The van der Waals surface area contributed by atoms with E-state index in [0.717, 1.165) is 31.8 Å². The molecule has 0 spiro atoms. The van der Waals surface area contributed by atoms with Crippen LogP contribution in [0, 0.1) is 0 Å². The summed E-state index contributed by atoms with van der Waals surface area (Å²) in [6.07, 6.45) is 9.05. The van der Waals surface area contributed by atoms with Gasteiger partial charge >= 0.3 is 6.03 Å². The smallest absolute Gasteiger partial charge is 0.315 e. The highest BCUT2D eigenvalue weighted by Gasteiger charge is 2.36. The minimum atomic E-state index is -0.0341. The number of hydrogen-bond donors (Lipinski definition) is 2. The zero-order valence-electron chi connectivity index (χ0n) is 15.0. The maximum absolute atomic E-state index is 12.5. The quantitative estimate of drug-likeness (QED) is 0.859. The van der Waals surface area contributed by atoms with Crippen molar-refractivity contribution in [3.63, 3.8) is 0 Å². The lowest BCUT2D eigenvalue weighted by molar-refractivity contribution is 0.176. The number of nitrogens with one attached hydrogen (secondary N) is 2. The second kappa shape index (κ2) is 7.79. The second-order valence-electron chi connectivity index (χ2n) is 7.62. The van der Waals surface area contributed by atoms with Crippen molar-refractivity contribution in [2.24, 2.45) is 0 Å². The summed E-state index contributed by atoms with van der Waals surface area (Å²) < 4.78 is 5.62. The number of urea groups is 1. The van der Waals surface area contributed by atoms with Crippen LogP contribution in [0.25, 0.3) is 0 Å². The van der Waals surface area contributed by atoms with Gasteiger partial charge < -0.3 is 15.1 Å². The van der Waals surface area contributed by atoms with Crippen LogP contribution in [0.3, 0.4) is 0 Å². The first-order valence-electron chi connectivity index (χ1n) is 9.87. The summed E-state index contributed by atoms with van der Waals surface area (Å²) in [6.45, 7) is 5.07. The Balaban J connectivity index is 1.31. The summed E-state index contributed by atoms with van der Waals surface area (Å²) in [4.78, 5) is 17.4. The Labute approximate surface area is 149 Å². The maximum atomic E-state index is 12.5. The number of piperidine rings is 1. The first-order chi connectivity index (χ1) is 12.3. The van der Waals surface area contributed by atoms with Crippen LogP contribution in [0.2, 0.25) is 0 Å². The summed E-state index contributed by atoms with van der Waals surface area (Å²) >= 11 is 0. The van der Waals surface area contributed by atoms with Crippen molar-refractivity contribution >= 4 is 6.03 Å². The summed E-state index contributed by atoms with van der Waals surface area (Å²) in [5.41, 5.74) is 0. The van der Waals surface area contributed by atoms with Gasteiger partial charge in [-0.3, -0.25) is 9.80 Å². The molecule has 6 heteroatoms. The molecule has 3 aliphatic heterocycles. The minimum absolute atomic E-state index is 0.0341. The van der Waals surface area contributed by atoms with Crippen molar-refractivity contribution in [2.45, 2.75) is 56.7 Å². The zero-order chi connectivity index (χ0) is 17.1. The maximum Gasteiger partial charge on any atom is 0.315 e. The SMILES string of the molecule is O=C(NC[C@H](c1ccco1)N1CCCC1)N[C@@H]1CCN2CCCC[C@@H]12.